The summed E-state index contributed by atoms with van der Waals surface area (Å²) in [6.45, 7) is 0. The van der Waals surface area contributed by atoms with E-state index in [-0.39, 0.29) is 0 Å². The first kappa shape index (κ1) is 13.9. The monoisotopic (exact) mass is 202 g/mol. The van der Waals surface area contributed by atoms with Crippen molar-refractivity contribution in [3.05, 3.63) is 0 Å². The van der Waals surface area contributed by atoms with Crippen LogP contribution in [0.5, 0.6) is 0 Å². The molecule has 2 N–H and O–H groups in total. The summed E-state index contributed by atoms with van der Waals surface area (Å²) in [6.07, 6.45) is 18.0. The van der Waals surface area contributed by atoms with Crippen LogP contribution in [0.25, 0.3) is 0 Å². The highest BCUT2D eigenvalue weighted by atomic mass is 17.0. The van der Waals surface area contributed by atoms with Crippen LogP contribution in [0.1, 0.15) is 77.0 Å². The Hall–Kier alpha value is -0.0800. The first-order chi connectivity index (χ1) is 7.00. The van der Waals surface area contributed by atoms with Gasteiger partial charge >= 0.3 is 0 Å². The normalized spacial score (nSPS) is 21.0. The van der Waals surface area contributed by atoms with Crippen molar-refractivity contribution in [1.29, 1.82) is 0 Å². The van der Waals surface area contributed by atoms with Gasteiger partial charge in [-0.3, -0.25) is 10.5 Å². The lowest BCUT2D eigenvalue weighted by Gasteiger charge is -2.05. The Morgan fingerprint density at radius 2 is 0.357 bits per heavy atom. The van der Waals surface area contributed by atoms with E-state index in [2.05, 4.69) is 0 Å². The molecule has 1 rings (SSSR count). The Labute approximate surface area is 88.3 Å². The van der Waals surface area contributed by atoms with Gasteiger partial charge in [0, 0.05) is 0 Å². The molecule has 2 nitrogen and oxygen atoms in total. The fraction of sp³-hybridized carbons (Fsp3) is 1.00. The second-order valence-electron chi connectivity index (χ2n) is 4.24. The SMILES string of the molecule is C1CCCCCCCCCCC1.OO. The number of rotatable bonds is 0. The zero-order chi connectivity index (χ0) is 10.5. The minimum atomic E-state index is 1.50. The third kappa shape index (κ3) is 10.0. The molecule has 1 saturated carbocycles. The molecule has 0 spiro atoms. The van der Waals surface area contributed by atoms with Gasteiger partial charge in [-0.2, -0.15) is 0 Å². The summed E-state index contributed by atoms with van der Waals surface area (Å²) in [5, 5.41) is 12.0. The average molecular weight is 202 g/mol. The Kier molecular flexibility index (Phi) is 12.8. The molecule has 0 amide bonds. The second-order valence-corrected chi connectivity index (χ2v) is 4.24. The average Bonchev–Trinajstić information content (AvgIpc) is 2.22. The van der Waals surface area contributed by atoms with Crippen LogP contribution in [-0.2, 0) is 0 Å². The standard InChI is InChI=1S/C12H24.H2O2/c1-2-4-6-8-10-12-11-9-7-5-3-1;1-2/h1-12H2;1-2H. The Balaban J connectivity index is 0.000000791. The lowest BCUT2D eigenvalue weighted by molar-refractivity contribution is -0.176. The molecule has 0 bridgehead atoms. The lowest BCUT2D eigenvalue weighted by Crippen LogP contribution is -1.85. The smallest absolute Gasteiger partial charge is 0.0533 e. The van der Waals surface area contributed by atoms with Crippen molar-refractivity contribution in [3.8, 4) is 0 Å². The third-order valence-electron chi connectivity index (χ3n) is 3.00. The van der Waals surface area contributed by atoms with Gasteiger partial charge in [-0.15, -0.1) is 0 Å². The van der Waals surface area contributed by atoms with E-state index in [4.69, 9.17) is 10.5 Å². The van der Waals surface area contributed by atoms with Gasteiger partial charge in [0.05, 0.1) is 0 Å². The zero-order valence-corrected chi connectivity index (χ0v) is 9.38. The molecule has 0 aromatic heterocycles. The van der Waals surface area contributed by atoms with Crippen molar-refractivity contribution in [2.45, 2.75) is 77.0 Å². The zero-order valence-electron chi connectivity index (χ0n) is 9.38. The molecule has 0 heterocycles. The van der Waals surface area contributed by atoms with Crippen molar-refractivity contribution in [1.82, 2.24) is 0 Å². The molecule has 0 aromatic carbocycles. The molecular formula is C12H26O2. The van der Waals surface area contributed by atoms with Gasteiger partial charge in [0.25, 0.3) is 0 Å². The summed E-state index contributed by atoms with van der Waals surface area (Å²) in [5.74, 6) is 0. The summed E-state index contributed by atoms with van der Waals surface area (Å²) in [5.41, 5.74) is 0. The lowest BCUT2D eigenvalue weighted by atomic mass is 10.0. The van der Waals surface area contributed by atoms with Crippen molar-refractivity contribution in [3.63, 3.8) is 0 Å². The van der Waals surface area contributed by atoms with Crippen LogP contribution in [0.3, 0.4) is 0 Å². The summed E-state index contributed by atoms with van der Waals surface area (Å²) in [4.78, 5) is 0. The van der Waals surface area contributed by atoms with E-state index in [1.54, 1.807) is 0 Å². The van der Waals surface area contributed by atoms with E-state index in [9.17, 15) is 0 Å². The molecule has 1 aliphatic carbocycles. The summed E-state index contributed by atoms with van der Waals surface area (Å²) >= 11 is 0. The van der Waals surface area contributed by atoms with Gasteiger partial charge in [-0.1, -0.05) is 77.0 Å². The van der Waals surface area contributed by atoms with Crippen LogP contribution in [0, 0.1) is 0 Å². The van der Waals surface area contributed by atoms with Crippen molar-refractivity contribution >= 4 is 0 Å². The molecule has 0 saturated heterocycles. The van der Waals surface area contributed by atoms with E-state index in [1.807, 2.05) is 0 Å². The van der Waals surface area contributed by atoms with E-state index >= 15 is 0 Å². The Morgan fingerprint density at radius 1 is 0.286 bits per heavy atom. The molecule has 0 radical (unpaired) electrons. The van der Waals surface area contributed by atoms with E-state index in [1.165, 1.54) is 77.0 Å². The van der Waals surface area contributed by atoms with Gasteiger partial charge in [0.1, 0.15) is 0 Å². The molecular weight excluding hydrogens is 176 g/mol. The maximum absolute atomic E-state index is 6.00. The molecule has 1 aliphatic rings. The van der Waals surface area contributed by atoms with Crippen LogP contribution in [-0.4, -0.2) is 10.5 Å². The summed E-state index contributed by atoms with van der Waals surface area (Å²) in [6, 6.07) is 0. The first-order valence-corrected chi connectivity index (χ1v) is 6.20. The fourth-order valence-electron chi connectivity index (χ4n) is 2.12. The van der Waals surface area contributed by atoms with E-state index in [0.29, 0.717) is 0 Å². The Morgan fingerprint density at radius 3 is 0.429 bits per heavy atom. The fourth-order valence-corrected chi connectivity index (χ4v) is 2.12. The molecule has 0 atom stereocenters. The number of hydrogen-bond donors (Lipinski definition) is 2. The molecule has 1 fully saturated rings. The molecule has 0 unspecified atom stereocenters. The predicted octanol–water partition coefficient (Wildman–Crippen LogP) is 4.70. The highest BCUT2D eigenvalue weighted by Gasteiger charge is 1.96. The van der Waals surface area contributed by atoms with Crippen molar-refractivity contribution in [2.24, 2.45) is 0 Å². The molecule has 0 aromatic rings. The molecule has 86 valence electrons. The quantitative estimate of drug-likeness (QED) is 0.441. The first-order valence-electron chi connectivity index (χ1n) is 6.20. The summed E-state index contributed by atoms with van der Waals surface area (Å²) in [7, 11) is 0. The minimum Gasteiger partial charge on any atom is -0.255 e. The predicted molar refractivity (Wildman–Crippen MR) is 60.7 cm³/mol. The highest BCUT2D eigenvalue weighted by molar-refractivity contribution is 4.51. The van der Waals surface area contributed by atoms with Gasteiger partial charge in [0.2, 0.25) is 0 Å². The van der Waals surface area contributed by atoms with Gasteiger partial charge in [-0.05, 0) is 0 Å². The van der Waals surface area contributed by atoms with Crippen LogP contribution < -0.4 is 0 Å². The van der Waals surface area contributed by atoms with Crippen LogP contribution in [0.2, 0.25) is 0 Å². The molecule has 14 heavy (non-hydrogen) atoms. The maximum Gasteiger partial charge on any atom is -0.0533 e. The largest absolute Gasteiger partial charge is 0.255 e. The second kappa shape index (κ2) is 12.9. The minimum absolute atomic E-state index is 1.50. The van der Waals surface area contributed by atoms with E-state index < -0.39 is 0 Å². The number of hydrogen-bond acceptors (Lipinski definition) is 2. The van der Waals surface area contributed by atoms with Crippen LogP contribution in [0.15, 0.2) is 0 Å². The van der Waals surface area contributed by atoms with Gasteiger partial charge in [-0.25, -0.2) is 0 Å². The van der Waals surface area contributed by atoms with Crippen LogP contribution >= 0.6 is 0 Å². The molecule has 2 heteroatoms. The van der Waals surface area contributed by atoms with E-state index in [0.717, 1.165) is 0 Å². The maximum atomic E-state index is 6.00. The van der Waals surface area contributed by atoms with Gasteiger partial charge < -0.3 is 0 Å². The van der Waals surface area contributed by atoms with Crippen molar-refractivity contribution in [2.75, 3.05) is 0 Å². The van der Waals surface area contributed by atoms with Gasteiger partial charge in [0.15, 0.2) is 0 Å². The highest BCUT2D eigenvalue weighted by Crippen LogP contribution is 2.15. The van der Waals surface area contributed by atoms with Crippen molar-refractivity contribution < 1.29 is 10.5 Å². The Bertz CT molecular complexity index is 51.3. The van der Waals surface area contributed by atoms with Crippen LogP contribution in [0.4, 0.5) is 0 Å². The topological polar surface area (TPSA) is 40.5 Å². The molecule has 0 aliphatic heterocycles. The third-order valence-corrected chi connectivity index (χ3v) is 3.00. The summed E-state index contributed by atoms with van der Waals surface area (Å²) < 4.78 is 0.